The molecule has 2 heterocycles. The molecular weight excluding hydrogens is 242 g/mol. The zero-order valence-corrected chi connectivity index (χ0v) is 9.98. The fourth-order valence-electron chi connectivity index (χ4n) is 1.06. The summed E-state index contributed by atoms with van der Waals surface area (Å²) in [5.41, 5.74) is 0.159. The summed E-state index contributed by atoms with van der Waals surface area (Å²) in [6.45, 7) is 1.80. The Kier molecular flexibility index (Phi) is 3.24. The number of nitrogens with one attached hydrogen (secondary N) is 1. The number of rotatable bonds is 3. The van der Waals surface area contributed by atoms with Gasteiger partial charge in [-0.1, -0.05) is 0 Å². The van der Waals surface area contributed by atoms with Crippen LogP contribution in [-0.4, -0.2) is 32.4 Å². The summed E-state index contributed by atoms with van der Waals surface area (Å²) >= 11 is 1.23. The molecule has 2 aromatic rings. The second-order valence-electron chi connectivity index (χ2n) is 3.05. The number of anilines is 2. The van der Waals surface area contributed by atoms with E-state index in [1.54, 1.807) is 6.92 Å². The van der Waals surface area contributed by atoms with Crippen molar-refractivity contribution in [2.75, 3.05) is 12.4 Å². The van der Waals surface area contributed by atoms with Crippen LogP contribution in [0.2, 0.25) is 0 Å². The van der Waals surface area contributed by atoms with Crippen LogP contribution in [0.5, 0.6) is 0 Å². The number of esters is 1. The third-order valence-corrected chi connectivity index (χ3v) is 2.53. The quantitative estimate of drug-likeness (QED) is 0.819. The van der Waals surface area contributed by atoms with Gasteiger partial charge in [0.2, 0.25) is 5.13 Å². The Morgan fingerprint density at radius 2 is 2.24 bits per heavy atom. The molecule has 0 aliphatic heterocycles. The Hall–Kier alpha value is -2.09. The lowest BCUT2D eigenvalue weighted by Crippen LogP contribution is -2.05. The molecule has 8 heteroatoms. The molecule has 17 heavy (non-hydrogen) atoms. The number of ether oxygens (including phenoxy) is 1. The molecule has 0 unspecified atom stereocenters. The van der Waals surface area contributed by atoms with Crippen LogP contribution in [0.4, 0.5) is 10.9 Å². The lowest BCUT2D eigenvalue weighted by molar-refractivity contribution is 0.0593. The monoisotopic (exact) mass is 251 g/mol. The second-order valence-corrected chi connectivity index (χ2v) is 3.80. The van der Waals surface area contributed by atoms with Gasteiger partial charge in [-0.05, 0) is 6.92 Å². The highest BCUT2D eigenvalue weighted by atomic mass is 32.1. The van der Waals surface area contributed by atoms with Crippen LogP contribution >= 0.6 is 11.5 Å². The van der Waals surface area contributed by atoms with E-state index in [9.17, 15) is 4.79 Å². The molecule has 7 nitrogen and oxygen atoms in total. The topological polar surface area (TPSA) is 89.9 Å². The number of aromatic nitrogens is 4. The van der Waals surface area contributed by atoms with Crippen molar-refractivity contribution in [2.24, 2.45) is 0 Å². The summed E-state index contributed by atoms with van der Waals surface area (Å²) in [7, 11) is 1.29. The molecule has 0 aliphatic rings. The van der Waals surface area contributed by atoms with E-state index < -0.39 is 5.97 Å². The largest absolute Gasteiger partial charge is 0.464 e. The van der Waals surface area contributed by atoms with Gasteiger partial charge in [-0.2, -0.15) is 4.37 Å². The molecule has 0 spiro atoms. The molecule has 0 atom stereocenters. The van der Waals surface area contributed by atoms with E-state index in [4.69, 9.17) is 0 Å². The fraction of sp³-hybridized carbons (Fsp3) is 0.222. The average molecular weight is 251 g/mol. The Labute approximate surface area is 101 Å². The molecule has 0 aliphatic carbocycles. The highest BCUT2D eigenvalue weighted by Crippen LogP contribution is 2.15. The minimum Gasteiger partial charge on any atom is -0.464 e. The van der Waals surface area contributed by atoms with Crippen LogP contribution in [0.3, 0.4) is 0 Å². The first-order chi connectivity index (χ1) is 8.19. The number of carbonyl (C=O) groups is 1. The van der Waals surface area contributed by atoms with E-state index in [1.807, 2.05) is 0 Å². The van der Waals surface area contributed by atoms with E-state index >= 15 is 0 Å². The smallest absolute Gasteiger partial charge is 0.358 e. The number of carbonyl (C=O) groups excluding carboxylic acids is 1. The van der Waals surface area contributed by atoms with Crippen molar-refractivity contribution in [3.05, 3.63) is 23.9 Å². The van der Waals surface area contributed by atoms with Gasteiger partial charge in [-0.25, -0.2) is 19.7 Å². The normalized spacial score (nSPS) is 10.0. The number of methoxy groups -OCH3 is 1. The van der Waals surface area contributed by atoms with Gasteiger partial charge >= 0.3 is 5.97 Å². The summed E-state index contributed by atoms with van der Waals surface area (Å²) in [4.78, 5) is 23.2. The molecule has 0 saturated heterocycles. The molecule has 0 bridgehead atoms. The van der Waals surface area contributed by atoms with E-state index in [0.717, 1.165) is 0 Å². The molecule has 88 valence electrons. The Balaban J connectivity index is 2.10. The standard InChI is InChI=1S/C9H9N5O2S/c1-5-12-9(17-14-5)13-7-4-10-6(3-11-7)8(15)16-2/h3-4H,1-2H3,(H,11,12,13,14). The molecule has 0 fully saturated rings. The minimum absolute atomic E-state index is 0.159. The Morgan fingerprint density at radius 1 is 1.41 bits per heavy atom. The van der Waals surface area contributed by atoms with Gasteiger partial charge in [0.05, 0.1) is 19.5 Å². The van der Waals surface area contributed by atoms with Crippen LogP contribution < -0.4 is 5.32 Å². The maximum Gasteiger partial charge on any atom is 0.358 e. The predicted octanol–water partition coefficient (Wildman–Crippen LogP) is 1.17. The summed E-state index contributed by atoms with van der Waals surface area (Å²) in [6.07, 6.45) is 2.77. The van der Waals surface area contributed by atoms with E-state index in [-0.39, 0.29) is 5.69 Å². The van der Waals surface area contributed by atoms with E-state index in [2.05, 4.69) is 29.4 Å². The summed E-state index contributed by atoms with van der Waals surface area (Å²) in [6, 6.07) is 0. The second kappa shape index (κ2) is 4.83. The average Bonchev–Trinajstić information content (AvgIpc) is 2.75. The van der Waals surface area contributed by atoms with Gasteiger partial charge in [0.15, 0.2) is 11.5 Å². The summed E-state index contributed by atoms with van der Waals surface area (Å²) < 4.78 is 8.53. The number of aryl methyl sites for hydroxylation is 1. The first kappa shape index (κ1) is 11.4. The van der Waals surface area contributed by atoms with Gasteiger partial charge in [0, 0.05) is 11.5 Å². The zero-order chi connectivity index (χ0) is 12.3. The van der Waals surface area contributed by atoms with Crippen molar-refractivity contribution in [3.63, 3.8) is 0 Å². The van der Waals surface area contributed by atoms with Gasteiger partial charge in [0.25, 0.3) is 0 Å². The highest BCUT2D eigenvalue weighted by Gasteiger charge is 2.08. The molecule has 2 rings (SSSR count). The Morgan fingerprint density at radius 3 is 2.76 bits per heavy atom. The van der Waals surface area contributed by atoms with Gasteiger partial charge in [-0.15, -0.1) is 0 Å². The van der Waals surface area contributed by atoms with Crippen molar-refractivity contribution < 1.29 is 9.53 Å². The van der Waals surface area contributed by atoms with Crippen molar-refractivity contribution in [2.45, 2.75) is 6.92 Å². The van der Waals surface area contributed by atoms with Crippen molar-refractivity contribution >= 4 is 28.5 Å². The van der Waals surface area contributed by atoms with Gasteiger partial charge < -0.3 is 10.1 Å². The third kappa shape index (κ3) is 2.72. The number of hydrogen-bond acceptors (Lipinski definition) is 8. The number of hydrogen-bond donors (Lipinski definition) is 1. The molecule has 1 N–H and O–H groups in total. The van der Waals surface area contributed by atoms with Crippen LogP contribution in [0.1, 0.15) is 16.3 Å². The molecule has 0 saturated carbocycles. The summed E-state index contributed by atoms with van der Waals surface area (Å²) in [5, 5.41) is 3.56. The summed E-state index contributed by atoms with van der Waals surface area (Å²) in [5.74, 6) is 0.668. The molecule has 0 radical (unpaired) electrons. The fourth-order valence-corrected chi connectivity index (χ4v) is 1.64. The predicted molar refractivity (Wildman–Crippen MR) is 61.3 cm³/mol. The third-order valence-electron chi connectivity index (χ3n) is 1.81. The van der Waals surface area contributed by atoms with Crippen molar-refractivity contribution in [1.29, 1.82) is 0 Å². The van der Waals surface area contributed by atoms with E-state index in [1.165, 1.54) is 31.0 Å². The van der Waals surface area contributed by atoms with Crippen LogP contribution in [0.15, 0.2) is 12.4 Å². The van der Waals surface area contributed by atoms with Crippen molar-refractivity contribution in [1.82, 2.24) is 19.3 Å². The number of nitrogens with zero attached hydrogens (tertiary/aromatic N) is 4. The van der Waals surface area contributed by atoms with E-state index in [0.29, 0.717) is 16.8 Å². The van der Waals surface area contributed by atoms with Crippen LogP contribution in [0, 0.1) is 6.92 Å². The Bertz CT molecular complexity index is 524. The SMILES string of the molecule is COC(=O)c1cnc(Nc2nc(C)ns2)cn1. The van der Waals surface area contributed by atoms with Gasteiger partial charge in [0.1, 0.15) is 5.82 Å². The lowest BCUT2D eigenvalue weighted by atomic mass is 10.4. The molecule has 2 aromatic heterocycles. The zero-order valence-electron chi connectivity index (χ0n) is 9.17. The maximum atomic E-state index is 11.1. The van der Waals surface area contributed by atoms with Crippen LogP contribution in [-0.2, 0) is 4.74 Å². The van der Waals surface area contributed by atoms with Crippen LogP contribution in [0.25, 0.3) is 0 Å². The lowest BCUT2D eigenvalue weighted by Gasteiger charge is -2.01. The maximum absolute atomic E-state index is 11.1. The minimum atomic E-state index is -0.518. The first-order valence-electron chi connectivity index (χ1n) is 4.66. The van der Waals surface area contributed by atoms with Crippen molar-refractivity contribution in [3.8, 4) is 0 Å². The molecular formula is C9H9N5O2S. The highest BCUT2D eigenvalue weighted by molar-refractivity contribution is 7.09. The molecule has 0 aromatic carbocycles. The van der Waals surface area contributed by atoms with Gasteiger partial charge in [-0.3, -0.25) is 0 Å². The first-order valence-corrected chi connectivity index (χ1v) is 5.44. The molecule has 0 amide bonds.